The van der Waals surface area contributed by atoms with Crippen molar-refractivity contribution in [2.45, 2.75) is 6.92 Å². The summed E-state index contributed by atoms with van der Waals surface area (Å²) in [6.45, 7) is 2.51. The zero-order valence-electron chi connectivity index (χ0n) is 6.93. The number of allylic oxidation sites excluding steroid dienone is 4. The van der Waals surface area contributed by atoms with Crippen molar-refractivity contribution in [3.8, 4) is 0 Å². The van der Waals surface area contributed by atoms with Crippen molar-refractivity contribution < 1.29 is 4.74 Å². The largest absolute Gasteiger partial charge is 0.471 e. The predicted molar refractivity (Wildman–Crippen MR) is 53.5 cm³/mol. The molecule has 0 aromatic rings. The van der Waals surface area contributed by atoms with Gasteiger partial charge in [-0.15, -0.1) is 0 Å². The first-order valence-corrected chi connectivity index (χ1v) is 4.22. The highest BCUT2D eigenvalue weighted by Gasteiger charge is 2.02. The van der Waals surface area contributed by atoms with Gasteiger partial charge in [-0.3, -0.25) is 4.90 Å². The number of nitrogens with zero attached hydrogens (tertiary/aromatic N) is 1. The van der Waals surface area contributed by atoms with Crippen LogP contribution in [0.4, 0.5) is 0 Å². The van der Waals surface area contributed by atoms with E-state index in [4.69, 9.17) is 17.0 Å². The molecule has 0 fully saturated rings. The van der Waals surface area contributed by atoms with Gasteiger partial charge in [0.25, 0.3) is 5.17 Å². The van der Waals surface area contributed by atoms with Crippen LogP contribution in [0, 0.1) is 0 Å². The monoisotopic (exact) mass is 181 g/mol. The maximum atomic E-state index is 5.16. The summed E-state index contributed by atoms with van der Waals surface area (Å²) >= 11 is 5.01. The van der Waals surface area contributed by atoms with E-state index in [0.717, 1.165) is 0 Å². The van der Waals surface area contributed by atoms with Crippen molar-refractivity contribution >= 4 is 17.4 Å². The highest BCUT2D eigenvalue weighted by Crippen LogP contribution is 2.01. The lowest BCUT2D eigenvalue weighted by Gasteiger charge is -2.14. The molecule has 1 heterocycles. The first-order chi connectivity index (χ1) is 5.84. The molecule has 2 nitrogen and oxygen atoms in total. The van der Waals surface area contributed by atoms with E-state index in [0.29, 0.717) is 11.8 Å². The molecule has 0 radical (unpaired) electrons. The summed E-state index contributed by atoms with van der Waals surface area (Å²) in [4.78, 5) is 1.76. The van der Waals surface area contributed by atoms with Gasteiger partial charge in [-0.2, -0.15) is 0 Å². The second kappa shape index (κ2) is 4.72. The molecule has 0 bridgehead atoms. The summed E-state index contributed by atoms with van der Waals surface area (Å²) in [5.41, 5.74) is 0. The van der Waals surface area contributed by atoms with E-state index in [1.165, 1.54) is 0 Å². The molecule has 0 aromatic carbocycles. The van der Waals surface area contributed by atoms with Gasteiger partial charge in [-0.25, -0.2) is 0 Å². The van der Waals surface area contributed by atoms with E-state index < -0.39 is 0 Å². The molecule has 0 atom stereocenters. The summed E-state index contributed by atoms with van der Waals surface area (Å²) in [7, 11) is 0. The first-order valence-electron chi connectivity index (χ1n) is 3.81. The number of hydrogen-bond acceptors (Lipinski definition) is 2. The van der Waals surface area contributed by atoms with Gasteiger partial charge in [0, 0.05) is 12.4 Å². The van der Waals surface area contributed by atoms with Gasteiger partial charge in [0.15, 0.2) is 0 Å². The fourth-order valence-electron chi connectivity index (χ4n) is 0.783. The Morgan fingerprint density at radius 3 is 2.33 bits per heavy atom. The lowest BCUT2D eigenvalue weighted by atomic mass is 10.5. The number of ether oxygens (including phenoxy) is 1. The van der Waals surface area contributed by atoms with Crippen molar-refractivity contribution in [2.75, 3.05) is 6.61 Å². The lowest BCUT2D eigenvalue weighted by molar-refractivity contribution is 0.300. The van der Waals surface area contributed by atoms with Crippen LogP contribution in [0.25, 0.3) is 0 Å². The van der Waals surface area contributed by atoms with Crippen molar-refractivity contribution in [1.82, 2.24) is 4.90 Å². The van der Waals surface area contributed by atoms with E-state index in [2.05, 4.69) is 0 Å². The van der Waals surface area contributed by atoms with Gasteiger partial charge in [0.1, 0.15) is 0 Å². The standard InChI is InChI=1S/C9H11NOS/c1-2-11-9(12)10-7-5-3-4-6-8-10/h3-8H,2H2,1H3. The third kappa shape index (κ3) is 2.51. The zero-order valence-corrected chi connectivity index (χ0v) is 7.75. The van der Waals surface area contributed by atoms with Crippen LogP contribution in [-0.2, 0) is 4.74 Å². The van der Waals surface area contributed by atoms with Crippen LogP contribution in [-0.4, -0.2) is 16.7 Å². The molecule has 0 spiro atoms. The summed E-state index contributed by atoms with van der Waals surface area (Å²) in [6, 6.07) is 0. The van der Waals surface area contributed by atoms with Crippen LogP contribution in [0.2, 0.25) is 0 Å². The highest BCUT2D eigenvalue weighted by molar-refractivity contribution is 7.80. The van der Waals surface area contributed by atoms with Gasteiger partial charge >= 0.3 is 0 Å². The van der Waals surface area contributed by atoms with Crippen molar-refractivity contribution in [1.29, 1.82) is 0 Å². The van der Waals surface area contributed by atoms with Gasteiger partial charge in [-0.1, -0.05) is 12.2 Å². The molecule has 1 aliphatic heterocycles. The fourth-order valence-corrected chi connectivity index (χ4v) is 1.02. The Morgan fingerprint density at radius 2 is 1.83 bits per heavy atom. The van der Waals surface area contributed by atoms with E-state index >= 15 is 0 Å². The Bertz CT molecular complexity index is 227. The first kappa shape index (κ1) is 9.00. The Balaban J connectivity index is 2.57. The van der Waals surface area contributed by atoms with Crippen molar-refractivity contribution in [2.24, 2.45) is 0 Å². The average Bonchev–Trinajstić information content (AvgIpc) is 2.32. The van der Waals surface area contributed by atoms with E-state index in [-0.39, 0.29) is 0 Å². The summed E-state index contributed by atoms with van der Waals surface area (Å²) < 4.78 is 5.16. The predicted octanol–water partition coefficient (Wildman–Crippen LogP) is 2.21. The minimum atomic E-state index is 0.480. The molecule has 0 aromatic heterocycles. The summed E-state index contributed by atoms with van der Waals surface area (Å²) in [5, 5.41) is 0.480. The maximum Gasteiger partial charge on any atom is 0.267 e. The van der Waals surface area contributed by atoms with Gasteiger partial charge in [-0.05, 0) is 31.3 Å². The van der Waals surface area contributed by atoms with E-state index in [9.17, 15) is 0 Å². The van der Waals surface area contributed by atoms with Gasteiger partial charge in [0.05, 0.1) is 6.61 Å². The zero-order chi connectivity index (χ0) is 8.81. The SMILES string of the molecule is CCOC(=S)N1C=CC=CC=C1. The second-order valence-electron chi connectivity index (χ2n) is 2.17. The van der Waals surface area contributed by atoms with Crippen LogP contribution in [0.3, 0.4) is 0 Å². The molecule has 0 saturated carbocycles. The smallest absolute Gasteiger partial charge is 0.267 e. The van der Waals surface area contributed by atoms with E-state index in [1.54, 1.807) is 4.90 Å². The molecule has 64 valence electrons. The minimum absolute atomic E-state index is 0.480. The van der Waals surface area contributed by atoms with Crippen LogP contribution in [0.15, 0.2) is 36.7 Å². The van der Waals surface area contributed by atoms with Gasteiger partial charge < -0.3 is 4.74 Å². The highest BCUT2D eigenvalue weighted by atomic mass is 32.1. The molecular formula is C9H11NOS. The third-order valence-electron chi connectivity index (χ3n) is 1.31. The average molecular weight is 181 g/mol. The van der Waals surface area contributed by atoms with Crippen LogP contribution < -0.4 is 0 Å². The normalized spacial score (nSPS) is 14.6. The Kier molecular flexibility index (Phi) is 3.54. The van der Waals surface area contributed by atoms with Gasteiger partial charge in [0.2, 0.25) is 0 Å². The van der Waals surface area contributed by atoms with E-state index in [1.807, 2.05) is 43.6 Å². The molecule has 0 N–H and O–H groups in total. The summed E-state index contributed by atoms with van der Waals surface area (Å²) in [6.07, 6.45) is 11.4. The Labute approximate surface area is 77.8 Å². The van der Waals surface area contributed by atoms with Crippen LogP contribution in [0.1, 0.15) is 6.92 Å². The molecular weight excluding hydrogens is 170 g/mol. The van der Waals surface area contributed by atoms with Crippen molar-refractivity contribution in [3.63, 3.8) is 0 Å². The van der Waals surface area contributed by atoms with Crippen molar-refractivity contribution in [3.05, 3.63) is 36.7 Å². The maximum absolute atomic E-state index is 5.16. The topological polar surface area (TPSA) is 12.5 Å². The quantitative estimate of drug-likeness (QED) is 0.575. The minimum Gasteiger partial charge on any atom is -0.471 e. The number of rotatable bonds is 1. The Hall–Kier alpha value is -1.09. The third-order valence-corrected chi connectivity index (χ3v) is 1.63. The second-order valence-corrected chi connectivity index (χ2v) is 2.52. The van der Waals surface area contributed by atoms with Crippen LogP contribution in [0.5, 0.6) is 0 Å². The van der Waals surface area contributed by atoms with Crippen LogP contribution >= 0.6 is 12.2 Å². The number of thiocarbonyl (C=S) groups is 1. The summed E-state index contributed by atoms with van der Waals surface area (Å²) in [5.74, 6) is 0. The fraction of sp³-hybridized carbons (Fsp3) is 0.222. The number of hydrogen-bond donors (Lipinski definition) is 0. The molecule has 0 saturated heterocycles. The molecule has 0 aliphatic carbocycles. The molecule has 12 heavy (non-hydrogen) atoms. The molecule has 1 rings (SSSR count). The molecule has 3 heteroatoms. The molecule has 1 aliphatic rings. The Morgan fingerprint density at radius 1 is 1.25 bits per heavy atom. The molecule has 0 unspecified atom stereocenters. The molecule has 0 amide bonds. The lowest BCUT2D eigenvalue weighted by Crippen LogP contribution is -2.20.